The van der Waals surface area contributed by atoms with Gasteiger partial charge in [0.05, 0.1) is 4.99 Å². The van der Waals surface area contributed by atoms with Gasteiger partial charge in [0.2, 0.25) is 0 Å². The molecule has 0 aromatic heterocycles. The summed E-state index contributed by atoms with van der Waals surface area (Å²) in [5, 5.41) is 0. The number of likely N-dealkylation sites (tertiary alicyclic amines) is 1. The molecule has 1 aliphatic heterocycles. The molecule has 1 aromatic rings. The first-order valence-electron chi connectivity index (χ1n) is 11.4. The molecule has 5 fully saturated rings. The van der Waals surface area contributed by atoms with E-state index in [0.717, 1.165) is 31.3 Å². The Kier molecular flexibility index (Phi) is 4.88. The van der Waals surface area contributed by atoms with E-state index in [1.165, 1.54) is 36.4 Å². The number of thioether (sulfide) groups is 1. The summed E-state index contributed by atoms with van der Waals surface area (Å²) in [6.45, 7) is 6.72. The lowest BCUT2D eigenvalue weighted by Gasteiger charge is -2.48. The molecule has 1 heterocycles. The number of piperidine rings is 1. The summed E-state index contributed by atoms with van der Waals surface area (Å²) in [4.78, 5) is 3.84. The third kappa shape index (κ3) is 3.03. The van der Waals surface area contributed by atoms with Gasteiger partial charge in [-0.25, -0.2) is 0 Å². The smallest absolute Gasteiger partial charge is 0.0816 e. The predicted octanol–water partition coefficient (Wildman–Crippen LogP) is 5.11. The summed E-state index contributed by atoms with van der Waals surface area (Å²) in [6.07, 6.45) is 8.82. The highest BCUT2D eigenvalue weighted by Crippen LogP contribution is 2.73. The largest absolute Gasteiger partial charge is 0.365 e. The van der Waals surface area contributed by atoms with Gasteiger partial charge in [-0.1, -0.05) is 56.4 Å². The lowest BCUT2D eigenvalue weighted by Crippen LogP contribution is -2.55. The van der Waals surface area contributed by atoms with Gasteiger partial charge in [0.25, 0.3) is 0 Å². The van der Waals surface area contributed by atoms with Crippen LogP contribution in [-0.4, -0.2) is 41.0 Å². The highest BCUT2D eigenvalue weighted by molar-refractivity contribution is 7.98. The molecule has 0 amide bonds. The topological polar surface area (TPSA) is 29.3 Å². The molecule has 29 heavy (non-hydrogen) atoms. The summed E-state index contributed by atoms with van der Waals surface area (Å²) >= 11 is 8.32. The monoisotopic (exact) mass is 428 g/mol. The number of rotatable bonds is 4. The van der Waals surface area contributed by atoms with Crippen LogP contribution in [0.2, 0.25) is 0 Å². The number of benzene rings is 1. The molecule has 4 aliphatic carbocycles. The predicted molar refractivity (Wildman–Crippen MR) is 128 cm³/mol. The van der Waals surface area contributed by atoms with Crippen LogP contribution in [0.1, 0.15) is 51.5 Å². The van der Waals surface area contributed by atoms with Crippen LogP contribution in [0.4, 0.5) is 0 Å². The molecule has 5 unspecified atom stereocenters. The van der Waals surface area contributed by atoms with E-state index in [9.17, 15) is 0 Å². The molecule has 4 saturated carbocycles. The molecule has 1 saturated heterocycles. The van der Waals surface area contributed by atoms with Gasteiger partial charge < -0.3 is 10.6 Å². The van der Waals surface area contributed by atoms with Gasteiger partial charge in [0, 0.05) is 25.0 Å². The van der Waals surface area contributed by atoms with Crippen LogP contribution in [0, 0.1) is 28.6 Å². The number of thiocarbonyl (C=S) groups is 1. The van der Waals surface area contributed by atoms with Crippen molar-refractivity contribution in [1.82, 2.24) is 4.90 Å². The Balaban J connectivity index is 1.44. The zero-order valence-corrected chi connectivity index (χ0v) is 19.8. The van der Waals surface area contributed by atoms with Crippen molar-refractivity contribution in [2.24, 2.45) is 34.3 Å². The van der Waals surface area contributed by atoms with E-state index < -0.39 is 0 Å². The highest BCUT2D eigenvalue weighted by Gasteiger charge is 2.68. The fourth-order valence-electron chi connectivity index (χ4n) is 7.86. The lowest BCUT2D eigenvalue weighted by molar-refractivity contribution is 0.134. The average Bonchev–Trinajstić information content (AvgIpc) is 3.05. The van der Waals surface area contributed by atoms with E-state index in [1.54, 1.807) is 5.56 Å². The van der Waals surface area contributed by atoms with Crippen molar-refractivity contribution >= 4 is 29.0 Å². The van der Waals surface area contributed by atoms with E-state index >= 15 is 0 Å². The van der Waals surface area contributed by atoms with Crippen LogP contribution in [0.15, 0.2) is 30.3 Å². The minimum Gasteiger partial charge on any atom is -0.365 e. The number of hydrogen-bond donors (Lipinski definition) is 1. The molecule has 0 spiro atoms. The molecule has 0 radical (unpaired) electrons. The Hall–Kier alpha value is -0.580. The van der Waals surface area contributed by atoms with E-state index in [2.05, 4.69) is 67.1 Å². The van der Waals surface area contributed by atoms with Crippen LogP contribution in [0.3, 0.4) is 0 Å². The second kappa shape index (κ2) is 6.97. The zero-order valence-electron chi connectivity index (χ0n) is 18.2. The Morgan fingerprint density at radius 1 is 1.21 bits per heavy atom. The molecule has 5 aliphatic rings. The van der Waals surface area contributed by atoms with E-state index in [4.69, 9.17) is 18.0 Å². The van der Waals surface area contributed by atoms with Gasteiger partial charge in [-0.05, 0) is 77.8 Å². The van der Waals surface area contributed by atoms with Crippen LogP contribution in [0.5, 0.6) is 0 Å². The quantitative estimate of drug-likeness (QED) is 0.675. The summed E-state index contributed by atoms with van der Waals surface area (Å²) in [7, 11) is 0. The maximum Gasteiger partial charge on any atom is 0.0816 e. The van der Waals surface area contributed by atoms with Crippen LogP contribution in [-0.2, 0) is 5.41 Å². The maximum absolute atomic E-state index is 6.42. The first kappa shape index (κ1) is 20.3. The second-order valence-corrected chi connectivity index (χ2v) is 12.6. The van der Waals surface area contributed by atoms with Crippen molar-refractivity contribution in [3.63, 3.8) is 0 Å². The zero-order chi connectivity index (χ0) is 20.4. The third-order valence-corrected chi connectivity index (χ3v) is 10.5. The Morgan fingerprint density at radius 3 is 2.66 bits per heavy atom. The van der Waals surface area contributed by atoms with Crippen molar-refractivity contribution in [3.8, 4) is 0 Å². The molecule has 6 rings (SSSR count). The molecule has 158 valence electrons. The third-order valence-electron chi connectivity index (χ3n) is 9.08. The summed E-state index contributed by atoms with van der Waals surface area (Å²) in [6, 6.07) is 11.7. The Morgan fingerprint density at radius 2 is 1.97 bits per heavy atom. The first-order valence-corrected chi connectivity index (χ1v) is 13.2. The minimum absolute atomic E-state index is 0.153. The maximum atomic E-state index is 6.42. The van der Waals surface area contributed by atoms with Crippen LogP contribution >= 0.6 is 24.0 Å². The number of nitrogens with zero attached hydrogens (tertiary/aromatic N) is 1. The average molecular weight is 429 g/mol. The van der Waals surface area contributed by atoms with Crippen molar-refractivity contribution in [2.75, 3.05) is 25.1 Å². The van der Waals surface area contributed by atoms with Gasteiger partial charge in [0.15, 0.2) is 0 Å². The van der Waals surface area contributed by atoms with Gasteiger partial charge in [-0.15, -0.1) is 0 Å². The second-order valence-electron chi connectivity index (χ2n) is 11.3. The van der Waals surface area contributed by atoms with Gasteiger partial charge >= 0.3 is 0 Å². The fourth-order valence-corrected chi connectivity index (χ4v) is 9.38. The van der Waals surface area contributed by atoms with Crippen molar-refractivity contribution < 1.29 is 0 Å². The van der Waals surface area contributed by atoms with Crippen molar-refractivity contribution in [1.29, 1.82) is 0 Å². The van der Waals surface area contributed by atoms with Gasteiger partial charge in [-0.3, -0.25) is 0 Å². The standard InChI is InChI=1S/C25H36N2S2/c1-23(2)15-27(10-9-20(23)26)22(28)21-17-11-24(18-7-5-4-6-8-18)13-19(21)25(12-17,14-24)16-29-3/h4-8,17,19-21H,9-16,26H2,1-3H3/t17?,19?,20-,21?,24?,25?/m0/s1. The Labute approximate surface area is 186 Å². The number of nitrogens with two attached hydrogens (primary N) is 1. The van der Waals surface area contributed by atoms with Gasteiger partial charge in [-0.2, -0.15) is 11.8 Å². The molecule has 1 aromatic carbocycles. The van der Waals surface area contributed by atoms with E-state index in [-0.39, 0.29) is 5.41 Å². The minimum atomic E-state index is 0.153. The lowest BCUT2D eigenvalue weighted by atomic mass is 9.62. The molecular formula is C25H36N2S2. The molecule has 2 nitrogen and oxygen atoms in total. The van der Waals surface area contributed by atoms with Crippen molar-refractivity contribution in [3.05, 3.63) is 35.9 Å². The molecular weight excluding hydrogens is 392 g/mol. The first-order chi connectivity index (χ1) is 13.8. The summed E-state index contributed by atoms with van der Waals surface area (Å²) in [5.41, 5.74) is 9.06. The Bertz CT molecular complexity index is 793. The summed E-state index contributed by atoms with van der Waals surface area (Å²) < 4.78 is 0. The summed E-state index contributed by atoms with van der Waals surface area (Å²) in [5.74, 6) is 3.45. The fraction of sp³-hybridized carbons (Fsp3) is 0.720. The SMILES string of the molecule is CSCC12CC3CC(c4ccccc4)(CC1C3C(=S)N1CC[C@H](N)C(C)(C)C1)C2. The van der Waals surface area contributed by atoms with Crippen LogP contribution in [0.25, 0.3) is 0 Å². The van der Waals surface area contributed by atoms with Crippen molar-refractivity contribution in [2.45, 2.75) is 57.4 Å². The van der Waals surface area contributed by atoms with Crippen LogP contribution < -0.4 is 5.73 Å². The molecule has 6 atom stereocenters. The highest BCUT2D eigenvalue weighted by atomic mass is 32.2. The molecule has 2 N–H and O–H groups in total. The molecule has 4 bridgehead atoms. The van der Waals surface area contributed by atoms with E-state index in [1.807, 2.05) is 0 Å². The van der Waals surface area contributed by atoms with Gasteiger partial charge in [0.1, 0.15) is 0 Å². The normalized spacial score (nSPS) is 42.4. The molecule has 4 heteroatoms. The number of hydrogen-bond acceptors (Lipinski definition) is 3. The van der Waals surface area contributed by atoms with E-state index in [0.29, 0.717) is 22.8 Å².